The van der Waals surface area contributed by atoms with Gasteiger partial charge in [0.1, 0.15) is 11.5 Å². The molecule has 1 saturated heterocycles. The molecule has 1 aromatic carbocycles. The summed E-state index contributed by atoms with van der Waals surface area (Å²) in [5.41, 5.74) is -3.14. The van der Waals surface area contributed by atoms with Gasteiger partial charge in [0.25, 0.3) is 11.8 Å². The van der Waals surface area contributed by atoms with Crippen LogP contribution in [0.2, 0.25) is 0 Å². The fourth-order valence-electron chi connectivity index (χ4n) is 3.32. The molecule has 0 spiro atoms. The van der Waals surface area contributed by atoms with Crippen LogP contribution in [0.3, 0.4) is 0 Å². The molecule has 0 bridgehead atoms. The molecule has 1 aromatic heterocycles. The van der Waals surface area contributed by atoms with Crippen molar-refractivity contribution in [2.24, 2.45) is 0 Å². The molecule has 32 heavy (non-hydrogen) atoms. The molecule has 2 amide bonds. The molecule has 0 unspecified atom stereocenters. The third kappa shape index (κ3) is 5.24. The number of hydrogen-bond donors (Lipinski definition) is 3. The number of H-pyrrole nitrogens is 1. The third-order valence-corrected chi connectivity index (χ3v) is 6.22. The summed E-state index contributed by atoms with van der Waals surface area (Å²) in [5, 5.41) is 10.7. The molecule has 3 rings (SSSR count). The van der Waals surface area contributed by atoms with Gasteiger partial charge >= 0.3 is 6.18 Å². The van der Waals surface area contributed by atoms with Gasteiger partial charge < -0.3 is 10.6 Å². The first kappa shape index (κ1) is 23.7. The quantitative estimate of drug-likeness (QED) is 0.568. The van der Waals surface area contributed by atoms with Crippen molar-refractivity contribution in [2.45, 2.75) is 25.1 Å². The number of hydrogen-bond acceptors (Lipinski definition) is 5. The molecule has 1 fully saturated rings. The Hall–Kier alpha value is -3.00. The van der Waals surface area contributed by atoms with E-state index in [-0.39, 0.29) is 30.5 Å². The fraction of sp³-hybridized carbons (Fsp3) is 0.389. The highest BCUT2D eigenvalue weighted by atomic mass is 32.2. The van der Waals surface area contributed by atoms with Crippen LogP contribution >= 0.6 is 0 Å². The van der Waals surface area contributed by atoms with Gasteiger partial charge in [-0.05, 0) is 25.0 Å². The molecule has 174 valence electrons. The average molecular weight is 477 g/mol. The van der Waals surface area contributed by atoms with Crippen LogP contribution in [0.1, 0.15) is 39.3 Å². The summed E-state index contributed by atoms with van der Waals surface area (Å²) in [6.07, 6.45) is -2.18. The number of nitrogens with zero attached hydrogens (tertiary/aromatic N) is 2. The zero-order valence-electron chi connectivity index (χ0n) is 16.7. The van der Waals surface area contributed by atoms with Gasteiger partial charge in [-0.3, -0.25) is 14.7 Å². The number of alkyl halides is 3. The number of anilines is 1. The SMILES string of the molecule is CS(=O)(=O)N1CCC(NC(=O)c2[nH]ncc2NC(=O)c2c(F)cccc2C(F)(F)F)CC1. The molecule has 1 aliphatic heterocycles. The van der Waals surface area contributed by atoms with Crippen LogP contribution < -0.4 is 10.6 Å². The van der Waals surface area contributed by atoms with Crippen LogP contribution in [-0.2, 0) is 16.2 Å². The van der Waals surface area contributed by atoms with E-state index in [1.807, 2.05) is 0 Å². The maximum absolute atomic E-state index is 14.0. The van der Waals surface area contributed by atoms with Crippen molar-refractivity contribution in [1.29, 1.82) is 0 Å². The second-order valence-electron chi connectivity index (χ2n) is 7.18. The lowest BCUT2D eigenvalue weighted by Gasteiger charge is -2.30. The Kier molecular flexibility index (Phi) is 6.55. The lowest BCUT2D eigenvalue weighted by Crippen LogP contribution is -2.46. The van der Waals surface area contributed by atoms with Crippen LogP contribution in [0, 0.1) is 5.82 Å². The number of aromatic amines is 1. The molecule has 0 radical (unpaired) electrons. The molecule has 2 heterocycles. The molecule has 0 saturated carbocycles. The number of halogens is 4. The topological polar surface area (TPSA) is 124 Å². The number of benzene rings is 1. The number of carbonyl (C=O) groups excluding carboxylic acids is 2. The number of amides is 2. The Balaban J connectivity index is 1.72. The second kappa shape index (κ2) is 8.86. The first-order valence-corrected chi connectivity index (χ1v) is 11.2. The summed E-state index contributed by atoms with van der Waals surface area (Å²) in [6, 6.07) is 1.76. The van der Waals surface area contributed by atoms with Gasteiger partial charge in [-0.15, -0.1) is 0 Å². The number of piperidine rings is 1. The first-order valence-electron chi connectivity index (χ1n) is 9.34. The second-order valence-corrected chi connectivity index (χ2v) is 9.17. The standard InChI is InChI=1S/C18H19F4N5O4S/c1-32(30,31)27-7-5-10(6-8-27)24-17(29)15-13(9-23-26-15)25-16(28)14-11(18(20,21)22)3-2-4-12(14)19/h2-4,9-10H,5-8H2,1H3,(H,23,26)(H,24,29)(H,25,28). The summed E-state index contributed by atoms with van der Waals surface area (Å²) < 4.78 is 77.9. The number of aromatic nitrogens is 2. The molecule has 1 aliphatic rings. The number of sulfonamides is 1. The van der Waals surface area contributed by atoms with Crippen molar-refractivity contribution in [3.8, 4) is 0 Å². The van der Waals surface area contributed by atoms with Gasteiger partial charge in [-0.2, -0.15) is 18.3 Å². The van der Waals surface area contributed by atoms with Gasteiger partial charge in [0.05, 0.1) is 29.3 Å². The van der Waals surface area contributed by atoms with Crippen molar-refractivity contribution in [3.63, 3.8) is 0 Å². The molecule has 3 N–H and O–H groups in total. The molecule has 0 atom stereocenters. The lowest BCUT2D eigenvalue weighted by atomic mass is 10.1. The maximum Gasteiger partial charge on any atom is 0.417 e. The van der Waals surface area contributed by atoms with E-state index < -0.39 is 45.0 Å². The van der Waals surface area contributed by atoms with Crippen molar-refractivity contribution >= 4 is 27.5 Å². The monoisotopic (exact) mass is 477 g/mol. The first-order chi connectivity index (χ1) is 14.9. The summed E-state index contributed by atoms with van der Waals surface area (Å²) in [7, 11) is -3.34. The van der Waals surface area contributed by atoms with Crippen LogP contribution in [-0.4, -0.2) is 60.1 Å². The van der Waals surface area contributed by atoms with Crippen LogP contribution in [0.25, 0.3) is 0 Å². The Morgan fingerprint density at radius 3 is 2.44 bits per heavy atom. The highest BCUT2D eigenvalue weighted by molar-refractivity contribution is 7.88. The number of rotatable bonds is 5. The average Bonchev–Trinajstić information content (AvgIpc) is 3.15. The summed E-state index contributed by atoms with van der Waals surface area (Å²) in [6.45, 7) is 0.424. The minimum absolute atomic E-state index is 0.212. The Labute approximate surface area is 180 Å². The van der Waals surface area contributed by atoms with E-state index in [1.165, 1.54) is 4.31 Å². The minimum Gasteiger partial charge on any atom is -0.348 e. The number of nitrogens with one attached hydrogen (secondary N) is 3. The van der Waals surface area contributed by atoms with Gasteiger partial charge in [0.2, 0.25) is 10.0 Å². The van der Waals surface area contributed by atoms with E-state index in [1.54, 1.807) is 0 Å². The van der Waals surface area contributed by atoms with Gasteiger partial charge in [0, 0.05) is 19.1 Å². The van der Waals surface area contributed by atoms with E-state index in [4.69, 9.17) is 0 Å². The van der Waals surface area contributed by atoms with Gasteiger partial charge in [-0.25, -0.2) is 17.1 Å². The van der Waals surface area contributed by atoms with Crippen LogP contribution in [0.4, 0.5) is 23.2 Å². The van der Waals surface area contributed by atoms with Gasteiger partial charge in [0.15, 0.2) is 0 Å². The van der Waals surface area contributed by atoms with Gasteiger partial charge in [-0.1, -0.05) is 6.07 Å². The smallest absolute Gasteiger partial charge is 0.348 e. The van der Waals surface area contributed by atoms with E-state index in [0.29, 0.717) is 18.9 Å². The van der Waals surface area contributed by atoms with Crippen LogP contribution in [0.15, 0.2) is 24.4 Å². The molecule has 0 aliphatic carbocycles. The Morgan fingerprint density at radius 2 is 1.84 bits per heavy atom. The van der Waals surface area contributed by atoms with Crippen molar-refractivity contribution in [3.05, 3.63) is 47.0 Å². The van der Waals surface area contributed by atoms with Crippen molar-refractivity contribution in [2.75, 3.05) is 24.7 Å². The van der Waals surface area contributed by atoms with E-state index in [9.17, 15) is 35.6 Å². The largest absolute Gasteiger partial charge is 0.417 e. The fourth-order valence-corrected chi connectivity index (χ4v) is 4.19. The molecular formula is C18H19F4N5O4S. The summed E-state index contributed by atoms with van der Waals surface area (Å²) >= 11 is 0. The zero-order valence-corrected chi connectivity index (χ0v) is 17.5. The van der Waals surface area contributed by atoms with E-state index >= 15 is 0 Å². The predicted molar refractivity (Wildman–Crippen MR) is 105 cm³/mol. The zero-order chi connectivity index (χ0) is 23.7. The maximum atomic E-state index is 14.0. The van der Waals surface area contributed by atoms with Crippen molar-refractivity contribution < 1.29 is 35.6 Å². The molecular weight excluding hydrogens is 458 g/mol. The summed E-state index contributed by atoms with van der Waals surface area (Å²) in [5.74, 6) is -3.48. The Morgan fingerprint density at radius 1 is 1.19 bits per heavy atom. The number of carbonyl (C=O) groups is 2. The van der Waals surface area contributed by atoms with Crippen LogP contribution in [0.5, 0.6) is 0 Å². The highest BCUT2D eigenvalue weighted by Crippen LogP contribution is 2.33. The minimum atomic E-state index is -4.97. The highest BCUT2D eigenvalue weighted by Gasteiger charge is 2.37. The lowest BCUT2D eigenvalue weighted by molar-refractivity contribution is -0.138. The third-order valence-electron chi connectivity index (χ3n) is 4.92. The summed E-state index contributed by atoms with van der Waals surface area (Å²) in [4.78, 5) is 25.0. The van der Waals surface area contributed by atoms with E-state index in [2.05, 4.69) is 20.8 Å². The van der Waals surface area contributed by atoms with E-state index in [0.717, 1.165) is 24.6 Å². The predicted octanol–water partition coefficient (Wildman–Crippen LogP) is 1.97. The van der Waals surface area contributed by atoms with Crippen molar-refractivity contribution in [1.82, 2.24) is 19.8 Å². The Bertz CT molecular complexity index is 1120. The normalized spacial score (nSPS) is 16.0. The molecule has 14 heteroatoms. The molecule has 2 aromatic rings. The molecule has 9 nitrogen and oxygen atoms in total.